The lowest BCUT2D eigenvalue weighted by Crippen LogP contribution is -1.99. The smallest absolute Gasteiger partial charge is 0.0787 e. The van der Waals surface area contributed by atoms with Gasteiger partial charge in [-0.1, -0.05) is 6.07 Å². The molecule has 0 aliphatic carbocycles. The topological polar surface area (TPSA) is 43.8 Å². The van der Waals surface area contributed by atoms with E-state index in [9.17, 15) is 0 Å². The van der Waals surface area contributed by atoms with Gasteiger partial charge in [0.25, 0.3) is 0 Å². The molecule has 0 saturated carbocycles. The zero-order valence-electron chi connectivity index (χ0n) is 8.44. The Morgan fingerprint density at radius 2 is 2.27 bits per heavy atom. The van der Waals surface area contributed by atoms with Gasteiger partial charge in [-0.2, -0.15) is 5.10 Å². The molecule has 3 nitrogen and oxygen atoms in total. The molecular weight excluding hydrogens is 254 g/mol. The van der Waals surface area contributed by atoms with E-state index in [0.29, 0.717) is 6.54 Å². The molecule has 4 heteroatoms. The van der Waals surface area contributed by atoms with Crippen LogP contribution in [0.3, 0.4) is 0 Å². The van der Waals surface area contributed by atoms with Gasteiger partial charge in [0.15, 0.2) is 0 Å². The Morgan fingerprint density at radius 1 is 1.47 bits per heavy atom. The molecule has 0 saturated heterocycles. The molecule has 78 valence electrons. The van der Waals surface area contributed by atoms with Gasteiger partial charge in [0.2, 0.25) is 0 Å². The molecule has 0 aliphatic rings. The highest BCUT2D eigenvalue weighted by Crippen LogP contribution is 2.22. The van der Waals surface area contributed by atoms with Crippen LogP contribution in [0.25, 0.3) is 5.69 Å². The van der Waals surface area contributed by atoms with Crippen LogP contribution in [0.1, 0.15) is 11.1 Å². The van der Waals surface area contributed by atoms with Gasteiger partial charge in [0, 0.05) is 17.2 Å². The Morgan fingerprint density at radius 3 is 2.80 bits per heavy atom. The average Bonchev–Trinajstić information content (AvgIpc) is 2.64. The number of hydrogen-bond donors (Lipinski definition) is 1. The van der Waals surface area contributed by atoms with Crippen molar-refractivity contribution in [2.24, 2.45) is 5.73 Å². The van der Waals surface area contributed by atoms with Crippen molar-refractivity contribution in [3.63, 3.8) is 0 Å². The van der Waals surface area contributed by atoms with Crippen LogP contribution in [0, 0.1) is 6.92 Å². The molecular formula is C11H12BrN3. The van der Waals surface area contributed by atoms with Crippen LogP contribution in [0.4, 0.5) is 0 Å². The summed E-state index contributed by atoms with van der Waals surface area (Å²) in [5.41, 5.74) is 8.85. The molecule has 0 aliphatic heterocycles. The second-order valence-corrected chi connectivity index (χ2v) is 4.31. The van der Waals surface area contributed by atoms with Crippen LogP contribution >= 0.6 is 15.9 Å². The van der Waals surface area contributed by atoms with E-state index in [1.165, 1.54) is 0 Å². The van der Waals surface area contributed by atoms with E-state index in [0.717, 1.165) is 21.3 Å². The average molecular weight is 266 g/mol. The predicted molar refractivity (Wildman–Crippen MR) is 63.9 cm³/mol. The van der Waals surface area contributed by atoms with E-state index in [1.54, 1.807) is 0 Å². The van der Waals surface area contributed by atoms with Gasteiger partial charge < -0.3 is 5.73 Å². The maximum absolute atomic E-state index is 5.57. The van der Waals surface area contributed by atoms with Gasteiger partial charge in [0.1, 0.15) is 0 Å². The number of nitrogens with two attached hydrogens (primary N) is 1. The summed E-state index contributed by atoms with van der Waals surface area (Å²) in [6.45, 7) is 2.57. The third-order valence-electron chi connectivity index (χ3n) is 2.21. The van der Waals surface area contributed by atoms with E-state index >= 15 is 0 Å². The van der Waals surface area contributed by atoms with Crippen LogP contribution in [-0.4, -0.2) is 9.78 Å². The molecule has 2 aromatic rings. The van der Waals surface area contributed by atoms with Crippen molar-refractivity contribution in [3.05, 3.63) is 46.2 Å². The first-order valence-electron chi connectivity index (χ1n) is 4.71. The van der Waals surface area contributed by atoms with Crippen molar-refractivity contribution in [1.29, 1.82) is 0 Å². The molecule has 0 radical (unpaired) electrons. The lowest BCUT2D eigenvalue weighted by molar-refractivity contribution is 0.873. The Bertz CT molecular complexity index is 476. The van der Waals surface area contributed by atoms with E-state index in [2.05, 4.69) is 21.0 Å². The van der Waals surface area contributed by atoms with Crippen LogP contribution in [0.15, 0.2) is 35.1 Å². The lowest BCUT2D eigenvalue weighted by Gasteiger charge is -2.06. The van der Waals surface area contributed by atoms with Crippen molar-refractivity contribution in [2.45, 2.75) is 13.5 Å². The molecule has 0 fully saturated rings. The van der Waals surface area contributed by atoms with Gasteiger partial charge in [0.05, 0.1) is 11.9 Å². The molecule has 0 bridgehead atoms. The number of aromatic nitrogens is 2. The summed E-state index contributed by atoms with van der Waals surface area (Å²) >= 11 is 3.52. The number of halogens is 1. The minimum atomic E-state index is 0.553. The normalized spacial score (nSPS) is 10.6. The lowest BCUT2D eigenvalue weighted by atomic mass is 10.2. The maximum atomic E-state index is 5.57. The van der Waals surface area contributed by atoms with Gasteiger partial charge in [-0.3, -0.25) is 0 Å². The van der Waals surface area contributed by atoms with Crippen LogP contribution in [-0.2, 0) is 6.54 Å². The highest BCUT2D eigenvalue weighted by Gasteiger charge is 2.03. The highest BCUT2D eigenvalue weighted by atomic mass is 79.9. The summed E-state index contributed by atoms with van der Waals surface area (Å²) in [5, 5.41) is 4.26. The molecule has 1 heterocycles. The highest BCUT2D eigenvalue weighted by molar-refractivity contribution is 9.10. The molecule has 15 heavy (non-hydrogen) atoms. The quantitative estimate of drug-likeness (QED) is 0.907. The summed E-state index contributed by atoms with van der Waals surface area (Å²) in [7, 11) is 0. The number of aryl methyl sites for hydroxylation is 1. The summed E-state index contributed by atoms with van der Waals surface area (Å²) < 4.78 is 2.85. The summed E-state index contributed by atoms with van der Waals surface area (Å²) in [6, 6.07) is 6.04. The van der Waals surface area contributed by atoms with Gasteiger partial charge in [-0.05, 0) is 46.1 Å². The Balaban J connectivity index is 2.45. The molecule has 1 aromatic heterocycles. The second kappa shape index (κ2) is 4.16. The van der Waals surface area contributed by atoms with E-state index in [-0.39, 0.29) is 0 Å². The molecule has 2 rings (SSSR count). The number of benzene rings is 1. The number of rotatable bonds is 2. The fraction of sp³-hybridized carbons (Fsp3) is 0.182. The summed E-state index contributed by atoms with van der Waals surface area (Å²) in [6.07, 6.45) is 3.82. The van der Waals surface area contributed by atoms with E-state index in [1.807, 2.05) is 42.2 Å². The van der Waals surface area contributed by atoms with Gasteiger partial charge in [-0.25, -0.2) is 4.68 Å². The fourth-order valence-corrected chi connectivity index (χ4v) is 2.02. The minimum absolute atomic E-state index is 0.553. The van der Waals surface area contributed by atoms with Gasteiger partial charge >= 0.3 is 0 Å². The van der Waals surface area contributed by atoms with E-state index < -0.39 is 0 Å². The first-order chi connectivity index (χ1) is 7.20. The number of hydrogen-bond acceptors (Lipinski definition) is 2. The van der Waals surface area contributed by atoms with Crippen molar-refractivity contribution in [1.82, 2.24) is 9.78 Å². The van der Waals surface area contributed by atoms with Crippen molar-refractivity contribution >= 4 is 15.9 Å². The van der Waals surface area contributed by atoms with Crippen LogP contribution in [0.2, 0.25) is 0 Å². The summed E-state index contributed by atoms with van der Waals surface area (Å²) in [5.74, 6) is 0. The molecule has 0 unspecified atom stereocenters. The SMILES string of the molecule is Cc1cnn(-c2ccc(CN)cc2Br)c1. The van der Waals surface area contributed by atoms with Crippen molar-refractivity contribution < 1.29 is 0 Å². The molecule has 0 atom stereocenters. The predicted octanol–water partition coefficient (Wildman–Crippen LogP) is 2.40. The van der Waals surface area contributed by atoms with Crippen molar-refractivity contribution in [3.8, 4) is 5.69 Å². The third-order valence-corrected chi connectivity index (χ3v) is 2.84. The zero-order chi connectivity index (χ0) is 10.8. The Hall–Kier alpha value is -1.13. The first kappa shape index (κ1) is 10.4. The maximum Gasteiger partial charge on any atom is 0.0787 e. The zero-order valence-corrected chi connectivity index (χ0v) is 10.0. The van der Waals surface area contributed by atoms with Crippen LogP contribution < -0.4 is 5.73 Å². The van der Waals surface area contributed by atoms with E-state index in [4.69, 9.17) is 5.73 Å². The Labute approximate surface area is 97.0 Å². The van der Waals surface area contributed by atoms with Crippen LogP contribution in [0.5, 0.6) is 0 Å². The Kier molecular flexibility index (Phi) is 2.88. The monoisotopic (exact) mass is 265 g/mol. The molecule has 1 aromatic carbocycles. The fourth-order valence-electron chi connectivity index (χ4n) is 1.41. The molecule has 0 spiro atoms. The standard InChI is InChI=1S/C11H12BrN3/c1-8-6-14-15(7-8)11-3-2-9(5-13)4-10(11)12/h2-4,6-7H,5,13H2,1H3. The summed E-state index contributed by atoms with van der Waals surface area (Å²) in [4.78, 5) is 0. The number of nitrogens with zero attached hydrogens (tertiary/aromatic N) is 2. The molecule has 2 N–H and O–H groups in total. The minimum Gasteiger partial charge on any atom is -0.326 e. The molecule has 0 amide bonds. The second-order valence-electron chi connectivity index (χ2n) is 3.45. The van der Waals surface area contributed by atoms with Crippen molar-refractivity contribution in [2.75, 3.05) is 0 Å². The van der Waals surface area contributed by atoms with Gasteiger partial charge in [-0.15, -0.1) is 0 Å². The largest absolute Gasteiger partial charge is 0.326 e. The first-order valence-corrected chi connectivity index (χ1v) is 5.50. The third kappa shape index (κ3) is 2.11.